The third-order valence-corrected chi connectivity index (χ3v) is 4.02. The lowest BCUT2D eigenvalue weighted by Gasteiger charge is -2.20. The summed E-state index contributed by atoms with van der Waals surface area (Å²) < 4.78 is 1.72. The van der Waals surface area contributed by atoms with Crippen LogP contribution in [0.2, 0.25) is 0 Å². The molecule has 0 radical (unpaired) electrons. The molecule has 0 spiro atoms. The zero-order chi connectivity index (χ0) is 14.9. The van der Waals surface area contributed by atoms with Gasteiger partial charge in [-0.25, -0.2) is 4.79 Å². The van der Waals surface area contributed by atoms with Crippen molar-refractivity contribution in [1.82, 2.24) is 9.47 Å². The molecular formula is C15H22N2O3. The number of aromatic carboxylic acids is 1. The SMILES string of the molecule is CC(=O)c1cc(C(=O)O)n(CC2CCN(C(C)C)C2)c1. The van der Waals surface area contributed by atoms with Gasteiger partial charge in [-0.1, -0.05) is 0 Å². The minimum Gasteiger partial charge on any atom is -0.477 e. The highest BCUT2D eigenvalue weighted by Gasteiger charge is 2.26. The number of Topliss-reactive ketones (excluding diaryl/α,β-unsaturated/α-hetero) is 1. The average Bonchev–Trinajstić information content (AvgIpc) is 2.96. The Balaban J connectivity index is 2.13. The molecule has 0 aliphatic carbocycles. The molecule has 1 fully saturated rings. The first-order chi connectivity index (χ1) is 9.38. The molecule has 1 aliphatic heterocycles. The summed E-state index contributed by atoms with van der Waals surface area (Å²) >= 11 is 0. The maximum Gasteiger partial charge on any atom is 0.352 e. The number of nitrogens with zero attached hydrogens (tertiary/aromatic N) is 2. The highest BCUT2D eigenvalue weighted by atomic mass is 16.4. The Labute approximate surface area is 119 Å². The fraction of sp³-hybridized carbons (Fsp3) is 0.600. The number of aromatic nitrogens is 1. The molecule has 1 aliphatic rings. The molecule has 0 aromatic carbocycles. The summed E-state index contributed by atoms with van der Waals surface area (Å²) in [5.74, 6) is -0.625. The van der Waals surface area contributed by atoms with Crippen molar-refractivity contribution in [3.8, 4) is 0 Å². The average molecular weight is 278 g/mol. The number of carboxylic acid groups (broad SMARTS) is 1. The first kappa shape index (κ1) is 14.8. The fourth-order valence-corrected chi connectivity index (χ4v) is 2.79. The van der Waals surface area contributed by atoms with Gasteiger partial charge >= 0.3 is 5.97 Å². The highest BCUT2D eigenvalue weighted by molar-refractivity contribution is 5.97. The van der Waals surface area contributed by atoms with E-state index < -0.39 is 5.97 Å². The maximum absolute atomic E-state index is 11.4. The Morgan fingerprint density at radius 1 is 1.45 bits per heavy atom. The molecule has 1 saturated heterocycles. The molecule has 1 atom stereocenters. The monoisotopic (exact) mass is 278 g/mol. The van der Waals surface area contributed by atoms with Crippen LogP contribution in [0.4, 0.5) is 0 Å². The van der Waals surface area contributed by atoms with E-state index in [9.17, 15) is 14.7 Å². The maximum atomic E-state index is 11.4. The molecule has 2 rings (SSSR count). The third-order valence-electron chi connectivity index (χ3n) is 4.02. The van der Waals surface area contributed by atoms with Crippen LogP contribution >= 0.6 is 0 Å². The van der Waals surface area contributed by atoms with Gasteiger partial charge in [0.25, 0.3) is 0 Å². The molecule has 1 aromatic heterocycles. The molecule has 1 unspecified atom stereocenters. The largest absolute Gasteiger partial charge is 0.477 e. The minimum absolute atomic E-state index is 0.0959. The molecule has 2 heterocycles. The second-order valence-electron chi connectivity index (χ2n) is 5.87. The number of carboxylic acids is 1. The molecular weight excluding hydrogens is 256 g/mol. The van der Waals surface area contributed by atoms with E-state index in [1.54, 1.807) is 10.8 Å². The van der Waals surface area contributed by atoms with Crippen LogP contribution in [0.5, 0.6) is 0 Å². The number of ketones is 1. The van der Waals surface area contributed by atoms with Crippen LogP contribution in [0.1, 0.15) is 48.0 Å². The summed E-state index contributed by atoms with van der Waals surface area (Å²) in [5.41, 5.74) is 0.680. The Bertz CT molecular complexity index is 519. The fourth-order valence-electron chi connectivity index (χ4n) is 2.79. The zero-order valence-electron chi connectivity index (χ0n) is 12.3. The van der Waals surface area contributed by atoms with E-state index in [0.29, 0.717) is 24.1 Å². The Kier molecular flexibility index (Phi) is 4.28. The van der Waals surface area contributed by atoms with E-state index in [2.05, 4.69) is 18.7 Å². The van der Waals surface area contributed by atoms with Gasteiger partial charge in [-0.2, -0.15) is 0 Å². The van der Waals surface area contributed by atoms with Crippen molar-refractivity contribution in [1.29, 1.82) is 0 Å². The van der Waals surface area contributed by atoms with Gasteiger partial charge < -0.3 is 14.6 Å². The molecule has 5 nitrogen and oxygen atoms in total. The summed E-state index contributed by atoms with van der Waals surface area (Å²) in [5, 5.41) is 9.23. The summed E-state index contributed by atoms with van der Waals surface area (Å²) in [6, 6.07) is 2.00. The van der Waals surface area contributed by atoms with Crippen LogP contribution in [0, 0.1) is 5.92 Å². The van der Waals surface area contributed by atoms with Crippen molar-refractivity contribution in [2.75, 3.05) is 13.1 Å². The molecule has 0 bridgehead atoms. The topological polar surface area (TPSA) is 62.5 Å². The quantitative estimate of drug-likeness (QED) is 0.838. The van der Waals surface area contributed by atoms with Crippen molar-refractivity contribution >= 4 is 11.8 Å². The molecule has 0 saturated carbocycles. The van der Waals surface area contributed by atoms with Gasteiger partial charge in [0, 0.05) is 30.9 Å². The van der Waals surface area contributed by atoms with Crippen molar-refractivity contribution in [2.45, 2.75) is 39.8 Å². The first-order valence-corrected chi connectivity index (χ1v) is 7.07. The third kappa shape index (κ3) is 3.10. The predicted octanol–water partition coefficient (Wildman–Crippen LogP) is 2.12. The number of hydrogen-bond donors (Lipinski definition) is 1. The van der Waals surface area contributed by atoms with Crippen LogP contribution in [0.25, 0.3) is 0 Å². The number of rotatable bonds is 5. The van der Waals surface area contributed by atoms with Gasteiger partial charge in [-0.15, -0.1) is 0 Å². The molecule has 0 amide bonds. The summed E-state index contributed by atoms with van der Waals surface area (Å²) in [7, 11) is 0. The van der Waals surface area contributed by atoms with E-state index in [-0.39, 0.29) is 11.5 Å². The lowest BCUT2D eigenvalue weighted by atomic mass is 10.1. The molecule has 1 N–H and O–H groups in total. The second-order valence-corrected chi connectivity index (χ2v) is 5.87. The standard InChI is InChI=1S/C15H22N2O3/c1-10(2)16-5-4-12(7-16)8-17-9-13(11(3)18)6-14(17)15(19)20/h6,9-10,12H,4-5,7-8H2,1-3H3,(H,19,20). The van der Waals surface area contributed by atoms with Gasteiger partial charge in [0.1, 0.15) is 5.69 Å². The van der Waals surface area contributed by atoms with Crippen LogP contribution in [-0.4, -0.2) is 45.5 Å². The van der Waals surface area contributed by atoms with E-state index >= 15 is 0 Å². The van der Waals surface area contributed by atoms with E-state index in [0.717, 1.165) is 19.5 Å². The van der Waals surface area contributed by atoms with Gasteiger partial charge in [0.15, 0.2) is 5.78 Å². The van der Waals surface area contributed by atoms with Crippen molar-refractivity contribution in [2.24, 2.45) is 5.92 Å². The lowest BCUT2D eigenvalue weighted by molar-refractivity contribution is 0.0683. The normalized spacial score (nSPS) is 19.7. The second kappa shape index (κ2) is 5.79. The predicted molar refractivity (Wildman–Crippen MR) is 76.2 cm³/mol. The number of carbonyl (C=O) groups is 2. The van der Waals surface area contributed by atoms with Gasteiger partial charge in [0.05, 0.1) is 0 Å². The minimum atomic E-state index is -0.976. The van der Waals surface area contributed by atoms with Gasteiger partial charge in [0.2, 0.25) is 0 Å². The summed E-state index contributed by atoms with van der Waals surface area (Å²) in [4.78, 5) is 25.1. The first-order valence-electron chi connectivity index (χ1n) is 7.07. The Morgan fingerprint density at radius 3 is 2.65 bits per heavy atom. The number of likely N-dealkylation sites (tertiary alicyclic amines) is 1. The van der Waals surface area contributed by atoms with Crippen LogP contribution in [-0.2, 0) is 6.54 Å². The number of hydrogen-bond acceptors (Lipinski definition) is 3. The molecule has 20 heavy (non-hydrogen) atoms. The van der Waals surface area contributed by atoms with Gasteiger partial charge in [-0.3, -0.25) is 4.79 Å². The Morgan fingerprint density at radius 2 is 2.15 bits per heavy atom. The lowest BCUT2D eigenvalue weighted by Crippen LogP contribution is -2.29. The van der Waals surface area contributed by atoms with Crippen molar-refractivity contribution < 1.29 is 14.7 Å². The van der Waals surface area contributed by atoms with Crippen LogP contribution < -0.4 is 0 Å². The highest BCUT2D eigenvalue weighted by Crippen LogP contribution is 2.22. The zero-order valence-corrected chi connectivity index (χ0v) is 12.3. The summed E-state index contributed by atoms with van der Waals surface area (Å²) in [6.45, 7) is 8.53. The van der Waals surface area contributed by atoms with Gasteiger partial charge in [-0.05, 0) is 45.7 Å². The number of carbonyl (C=O) groups excluding carboxylic acids is 1. The summed E-state index contributed by atoms with van der Waals surface area (Å²) in [6.07, 6.45) is 2.74. The van der Waals surface area contributed by atoms with Crippen LogP contribution in [0.15, 0.2) is 12.3 Å². The Hall–Kier alpha value is -1.62. The van der Waals surface area contributed by atoms with E-state index in [1.807, 2.05) is 0 Å². The van der Waals surface area contributed by atoms with Crippen LogP contribution in [0.3, 0.4) is 0 Å². The van der Waals surface area contributed by atoms with Crippen molar-refractivity contribution in [3.05, 3.63) is 23.5 Å². The molecule has 110 valence electrons. The van der Waals surface area contributed by atoms with E-state index in [1.165, 1.54) is 13.0 Å². The van der Waals surface area contributed by atoms with Crippen molar-refractivity contribution in [3.63, 3.8) is 0 Å². The van der Waals surface area contributed by atoms with E-state index in [4.69, 9.17) is 0 Å². The smallest absolute Gasteiger partial charge is 0.352 e. The molecule has 1 aromatic rings. The molecule has 5 heteroatoms.